The number of nitrogens with zero attached hydrogens (tertiary/aromatic N) is 1. The number of nitrogens with one attached hydrogen (secondary N) is 1. The van der Waals surface area contributed by atoms with Crippen molar-refractivity contribution >= 4 is 24.8 Å². The SMILES string of the molecule is Cc1ccc(C)c([C@@H](C2CCC2)N2CCNCC2)c1.Cl.Cl. The minimum atomic E-state index is 0. The van der Waals surface area contributed by atoms with Gasteiger partial charge in [-0.2, -0.15) is 0 Å². The Labute approximate surface area is 141 Å². The fraction of sp³-hybridized carbons (Fsp3) is 0.647. The molecule has 2 nitrogen and oxygen atoms in total. The molecule has 2 fully saturated rings. The molecule has 1 aliphatic heterocycles. The van der Waals surface area contributed by atoms with Gasteiger partial charge < -0.3 is 5.32 Å². The fourth-order valence-electron chi connectivity index (χ4n) is 3.54. The molecule has 0 unspecified atom stereocenters. The Balaban J connectivity index is 0.00000110. The molecule has 1 heterocycles. The van der Waals surface area contributed by atoms with Gasteiger partial charge in [0, 0.05) is 32.2 Å². The van der Waals surface area contributed by atoms with E-state index in [1.807, 2.05) is 0 Å². The van der Waals surface area contributed by atoms with E-state index in [0.717, 1.165) is 19.0 Å². The highest BCUT2D eigenvalue weighted by molar-refractivity contribution is 5.85. The topological polar surface area (TPSA) is 15.3 Å². The van der Waals surface area contributed by atoms with Crippen LogP contribution in [0, 0.1) is 19.8 Å². The lowest BCUT2D eigenvalue weighted by molar-refractivity contribution is 0.0832. The molecule has 1 saturated heterocycles. The molecule has 2 aliphatic rings. The Morgan fingerprint density at radius 3 is 2.33 bits per heavy atom. The molecule has 1 saturated carbocycles. The number of rotatable bonds is 3. The maximum Gasteiger partial charge on any atom is 0.0380 e. The maximum absolute atomic E-state index is 3.48. The summed E-state index contributed by atoms with van der Waals surface area (Å²) in [5.41, 5.74) is 4.47. The van der Waals surface area contributed by atoms with Crippen LogP contribution in [0.25, 0.3) is 0 Å². The van der Waals surface area contributed by atoms with Gasteiger partial charge in [-0.25, -0.2) is 0 Å². The van der Waals surface area contributed by atoms with Crippen molar-refractivity contribution in [1.29, 1.82) is 0 Å². The predicted molar refractivity (Wildman–Crippen MR) is 94.9 cm³/mol. The summed E-state index contributed by atoms with van der Waals surface area (Å²) in [7, 11) is 0. The molecule has 1 aromatic rings. The Morgan fingerprint density at radius 2 is 1.76 bits per heavy atom. The zero-order valence-corrected chi connectivity index (χ0v) is 14.7. The van der Waals surface area contributed by atoms with Gasteiger partial charge in [0.1, 0.15) is 0 Å². The van der Waals surface area contributed by atoms with Crippen LogP contribution in [-0.4, -0.2) is 31.1 Å². The van der Waals surface area contributed by atoms with E-state index >= 15 is 0 Å². The molecule has 21 heavy (non-hydrogen) atoms. The summed E-state index contributed by atoms with van der Waals surface area (Å²) >= 11 is 0. The van der Waals surface area contributed by atoms with Gasteiger partial charge >= 0.3 is 0 Å². The minimum Gasteiger partial charge on any atom is -0.314 e. The van der Waals surface area contributed by atoms with E-state index in [2.05, 4.69) is 42.3 Å². The van der Waals surface area contributed by atoms with Gasteiger partial charge in [-0.3, -0.25) is 4.90 Å². The standard InChI is InChI=1S/C17H26N2.2ClH/c1-13-6-7-14(2)16(12-13)17(15-4-3-5-15)19-10-8-18-9-11-19;;/h6-7,12,15,17-18H,3-5,8-11H2,1-2H3;2*1H/t17-;;/m1../s1. The second-order valence-corrected chi connectivity index (χ2v) is 6.28. The zero-order chi connectivity index (χ0) is 13.2. The number of aryl methyl sites for hydroxylation is 2. The molecule has 1 atom stereocenters. The Hall–Kier alpha value is -0.280. The molecule has 0 spiro atoms. The first-order valence-corrected chi connectivity index (χ1v) is 7.77. The molecule has 3 rings (SSSR count). The fourth-order valence-corrected chi connectivity index (χ4v) is 3.54. The van der Waals surface area contributed by atoms with Gasteiger partial charge in [0.15, 0.2) is 0 Å². The van der Waals surface area contributed by atoms with Crippen LogP contribution in [0.1, 0.15) is 42.0 Å². The van der Waals surface area contributed by atoms with Crippen LogP contribution in [0.15, 0.2) is 18.2 Å². The van der Waals surface area contributed by atoms with Crippen molar-refractivity contribution in [2.24, 2.45) is 5.92 Å². The van der Waals surface area contributed by atoms with Gasteiger partial charge in [0.05, 0.1) is 0 Å². The first kappa shape index (κ1) is 18.8. The van der Waals surface area contributed by atoms with E-state index < -0.39 is 0 Å². The molecule has 0 bridgehead atoms. The summed E-state index contributed by atoms with van der Waals surface area (Å²) in [5, 5.41) is 3.48. The van der Waals surface area contributed by atoms with Crippen molar-refractivity contribution in [2.75, 3.05) is 26.2 Å². The van der Waals surface area contributed by atoms with E-state index in [1.165, 1.54) is 43.5 Å². The van der Waals surface area contributed by atoms with Crippen LogP contribution in [0.2, 0.25) is 0 Å². The van der Waals surface area contributed by atoms with E-state index in [0.29, 0.717) is 6.04 Å². The van der Waals surface area contributed by atoms with Crippen molar-refractivity contribution in [3.05, 3.63) is 34.9 Å². The van der Waals surface area contributed by atoms with Crippen LogP contribution in [-0.2, 0) is 0 Å². The molecule has 4 heteroatoms. The molecule has 0 aromatic heterocycles. The van der Waals surface area contributed by atoms with Gasteiger partial charge in [-0.15, -0.1) is 24.8 Å². The van der Waals surface area contributed by atoms with Crippen molar-refractivity contribution in [1.82, 2.24) is 10.2 Å². The van der Waals surface area contributed by atoms with Gasteiger partial charge in [0.2, 0.25) is 0 Å². The molecule has 0 amide bonds. The van der Waals surface area contributed by atoms with E-state index in [1.54, 1.807) is 5.56 Å². The van der Waals surface area contributed by atoms with Crippen molar-refractivity contribution in [2.45, 2.75) is 39.2 Å². The summed E-state index contributed by atoms with van der Waals surface area (Å²) in [4.78, 5) is 2.72. The highest BCUT2D eigenvalue weighted by Crippen LogP contribution is 2.42. The maximum atomic E-state index is 3.48. The Kier molecular flexibility index (Phi) is 7.49. The number of piperazine rings is 1. The first-order chi connectivity index (χ1) is 9.25. The second-order valence-electron chi connectivity index (χ2n) is 6.28. The molecular formula is C17H28Cl2N2. The molecule has 120 valence electrons. The van der Waals surface area contributed by atoms with Crippen LogP contribution in [0.5, 0.6) is 0 Å². The number of benzene rings is 1. The van der Waals surface area contributed by atoms with Gasteiger partial charge in [0.25, 0.3) is 0 Å². The monoisotopic (exact) mass is 330 g/mol. The summed E-state index contributed by atoms with van der Waals surface area (Å²) in [5.74, 6) is 0.888. The molecule has 1 N–H and O–H groups in total. The second kappa shape index (κ2) is 8.38. The number of hydrogen-bond donors (Lipinski definition) is 1. The quantitative estimate of drug-likeness (QED) is 0.904. The van der Waals surface area contributed by atoms with E-state index in [9.17, 15) is 0 Å². The van der Waals surface area contributed by atoms with Crippen LogP contribution in [0.4, 0.5) is 0 Å². The summed E-state index contributed by atoms with van der Waals surface area (Å²) in [6.07, 6.45) is 4.27. The summed E-state index contributed by atoms with van der Waals surface area (Å²) in [6, 6.07) is 7.64. The van der Waals surface area contributed by atoms with Crippen LogP contribution in [0.3, 0.4) is 0 Å². The highest BCUT2D eigenvalue weighted by atomic mass is 35.5. The average Bonchev–Trinajstić information content (AvgIpc) is 2.38. The van der Waals surface area contributed by atoms with Gasteiger partial charge in [-0.1, -0.05) is 30.2 Å². The lowest BCUT2D eigenvalue weighted by atomic mass is 9.75. The number of hydrogen-bond acceptors (Lipinski definition) is 2. The third-order valence-electron chi connectivity index (χ3n) is 4.89. The average molecular weight is 331 g/mol. The van der Waals surface area contributed by atoms with Gasteiger partial charge in [-0.05, 0) is 43.7 Å². The zero-order valence-electron chi connectivity index (χ0n) is 13.1. The lowest BCUT2D eigenvalue weighted by Gasteiger charge is -2.44. The van der Waals surface area contributed by atoms with E-state index in [4.69, 9.17) is 0 Å². The molecule has 1 aliphatic carbocycles. The van der Waals surface area contributed by atoms with Crippen molar-refractivity contribution in [3.63, 3.8) is 0 Å². The summed E-state index contributed by atoms with van der Waals surface area (Å²) < 4.78 is 0. The molecule has 1 aromatic carbocycles. The van der Waals surface area contributed by atoms with Crippen molar-refractivity contribution in [3.8, 4) is 0 Å². The van der Waals surface area contributed by atoms with Crippen molar-refractivity contribution < 1.29 is 0 Å². The van der Waals surface area contributed by atoms with E-state index in [-0.39, 0.29) is 24.8 Å². The first-order valence-electron chi connectivity index (χ1n) is 7.77. The third kappa shape index (κ3) is 4.13. The number of halogens is 2. The predicted octanol–water partition coefficient (Wildman–Crippen LogP) is 3.89. The smallest absolute Gasteiger partial charge is 0.0380 e. The molecule has 0 radical (unpaired) electrons. The highest BCUT2D eigenvalue weighted by Gasteiger charge is 2.34. The molecular weight excluding hydrogens is 303 g/mol. The van der Waals surface area contributed by atoms with Crippen LogP contribution < -0.4 is 5.32 Å². The lowest BCUT2D eigenvalue weighted by Crippen LogP contribution is -2.48. The Bertz CT molecular complexity index is 440. The largest absolute Gasteiger partial charge is 0.314 e. The Morgan fingerprint density at radius 1 is 1.10 bits per heavy atom. The summed E-state index contributed by atoms with van der Waals surface area (Å²) in [6.45, 7) is 9.20. The third-order valence-corrected chi connectivity index (χ3v) is 4.89. The normalized spacial score (nSPS) is 20.9. The van der Waals surface area contributed by atoms with Crippen LogP contribution >= 0.6 is 24.8 Å². The minimum absolute atomic E-state index is 0.